The van der Waals surface area contributed by atoms with Crippen LogP contribution in [0.4, 0.5) is 0 Å². The smallest absolute Gasteiger partial charge is 0.326 e. The maximum absolute atomic E-state index is 11.9. The average molecular weight is 241 g/mol. The third-order valence-electron chi connectivity index (χ3n) is 3.38. The largest absolute Gasteiger partial charge is 0.480 e. The number of hydrogen-bond acceptors (Lipinski definition) is 3. The Bertz CT molecular complexity index is 301. The van der Waals surface area contributed by atoms with Crippen molar-refractivity contribution >= 4 is 11.9 Å². The molecular formula is C12H19NO4. The van der Waals surface area contributed by atoms with E-state index >= 15 is 0 Å². The zero-order valence-electron chi connectivity index (χ0n) is 9.93. The van der Waals surface area contributed by atoms with Gasteiger partial charge in [0.05, 0.1) is 6.61 Å². The minimum atomic E-state index is -0.903. The van der Waals surface area contributed by atoms with Crippen LogP contribution in [0.15, 0.2) is 0 Å². The van der Waals surface area contributed by atoms with Crippen molar-refractivity contribution in [3.05, 3.63) is 0 Å². The molecule has 1 heterocycles. The van der Waals surface area contributed by atoms with Gasteiger partial charge >= 0.3 is 5.97 Å². The molecule has 0 radical (unpaired) electrons. The zero-order valence-corrected chi connectivity index (χ0v) is 9.93. The summed E-state index contributed by atoms with van der Waals surface area (Å²) in [6.45, 7) is 1.21. The molecule has 0 bridgehead atoms. The number of carboxylic acids is 1. The second-order valence-corrected chi connectivity index (χ2v) is 4.90. The fourth-order valence-corrected chi connectivity index (χ4v) is 2.17. The SMILES string of the molecule is O=C(O)[C@@H]1CCCCN1C(=O)COCC1CC1. The van der Waals surface area contributed by atoms with Crippen LogP contribution in [0.5, 0.6) is 0 Å². The van der Waals surface area contributed by atoms with E-state index in [1.807, 2.05) is 0 Å². The molecule has 0 unspecified atom stereocenters. The van der Waals surface area contributed by atoms with E-state index in [-0.39, 0.29) is 12.5 Å². The molecular weight excluding hydrogens is 222 g/mol. The standard InChI is InChI=1S/C12H19NO4/c14-11(8-17-7-9-4-5-9)13-6-2-1-3-10(13)12(15)16/h9-10H,1-8H2,(H,15,16)/t10-/m0/s1. The van der Waals surface area contributed by atoms with Gasteiger partial charge in [0.25, 0.3) is 0 Å². The molecule has 1 amide bonds. The van der Waals surface area contributed by atoms with E-state index in [4.69, 9.17) is 9.84 Å². The monoisotopic (exact) mass is 241 g/mol. The highest BCUT2D eigenvalue weighted by molar-refractivity contribution is 5.84. The number of carbonyl (C=O) groups excluding carboxylic acids is 1. The Morgan fingerprint density at radius 3 is 2.65 bits per heavy atom. The van der Waals surface area contributed by atoms with E-state index in [2.05, 4.69) is 0 Å². The number of amides is 1. The Kier molecular flexibility index (Phi) is 3.99. The van der Waals surface area contributed by atoms with Gasteiger partial charge in [-0.05, 0) is 38.0 Å². The molecule has 1 saturated heterocycles. The van der Waals surface area contributed by atoms with Crippen LogP contribution in [0.2, 0.25) is 0 Å². The third-order valence-corrected chi connectivity index (χ3v) is 3.38. The van der Waals surface area contributed by atoms with Gasteiger partial charge in [-0.1, -0.05) is 0 Å². The summed E-state index contributed by atoms with van der Waals surface area (Å²) in [6, 6.07) is -0.652. The number of aliphatic carboxylic acids is 1. The number of nitrogens with zero attached hydrogens (tertiary/aromatic N) is 1. The first-order valence-corrected chi connectivity index (χ1v) is 6.28. The lowest BCUT2D eigenvalue weighted by atomic mass is 10.0. The summed E-state index contributed by atoms with van der Waals surface area (Å²) >= 11 is 0. The molecule has 1 saturated carbocycles. The van der Waals surface area contributed by atoms with Crippen molar-refractivity contribution in [1.29, 1.82) is 0 Å². The molecule has 0 aromatic carbocycles. The molecule has 2 aliphatic rings. The van der Waals surface area contributed by atoms with Crippen LogP contribution in [0.25, 0.3) is 0 Å². The first-order valence-electron chi connectivity index (χ1n) is 6.28. The molecule has 0 aromatic heterocycles. The summed E-state index contributed by atoms with van der Waals surface area (Å²) in [5.74, 6) is -0.461. The van der Waals surface area contributed by atoms with Crippen LogP contribution >= 0.6 is 0 Å². The van der Waals surface area contributed by atoms with Gasteiger partial charge in [-0.3, -0.25) is 4.79 Å². The number of likely N-dealkylation sites (tertiary alicyclic amines) is 1. The predicted octanol–water partition coefficient (Wildman–Crippen LogP) is 0.879. The number of carboxylic acid groups (broad SMARTS) is 1. The van der Waals surface area contributed by atoms with E-state index < -0.39 is 12.0 Å². The fraction of sp³-hybridized carbons (Fsp3) is 0.833. The highest BCUT2D eigenvalue weighted by atomic mass is 16.5. The van der Waals surface area contributed by atoms with Gasteiger partial charge in [-0.2, -0.15) is 0 Å². The molecule has 5 heteroatoms. The van der Waals surface area contributed by atoms with Gasteiger partial charge in [-0.15, -0.1) is 0 Å². The maximum Gasteiger partial charge on any atom is 0.326 e. The molecule has 2 rings (SSSR count). The molecule has 17 heavy (non-hydrogen) atoms. The minimum Gasteiger partial charge on any atom is -0.480 e. The van der Waals surface area contributed by atoms with Gasteiger partial charge in [0.15, 0.2) is 0 Å². The summed E-state index contributed by atoms with van der Waals surface area (Å²) in [4.78, 5) is 24.3. The molecule has 0 spiro atoms. The molecule has 5 nitrogen and oxygen atoms in total. The van der Waals surface area contributed by atoms with Gasteiger partial charge < -0.3 is 14.7 Å². The second kappa shape index (κ2) is 5.49. The van der Waals surface area contributed by atoms with Crippen LogP contribution in [0.3, 0.4) is 0 Å². The first-order chi connectivity index (χ1) is 8.18. The van der Waals surface area contributed by atoms with Crippen LogP contribution < -0.4 is 0 Å². The summed E-state index contributed by atoms with van der Waals surface area (Å²) in [5, 5.41) is 9.05. The van der Waals surface area contributed by atoms with E-state index in [0.717, 1.165) is 12.8 Å². The van der Waals surface area contributed by atoms with Gasteiger partial charge in [-0.25, -0.2) is 4.79 Å². The number of piperidine rings is 1. The van der Waals surface area contributed by atoms with Crippen molar-refractivity contribution in [2.24, 2.45) is 5.92 Å². The molecule has 1 atom stereocenters. The quantitative estimate of drug-likeness (QED) is 0.776. The average Bonchev–Trinajstić information content (AvgIpc) is 3.13. The molecule has 1 N–H and O–H groups in total. The highest BCUT2D eigenvalue weighted by Gasteiger charge is 2.32. The summed E-state index contributed by atoms with van der Waals surface area (Å²) < 4.78 is 5.32. The van der Waals surface area contributed by atoms with Crippen molar-refractivity contribution in [3.63, 3.8) is 0 Å². The summed E-state index contributed by atoms with van der Waals surface area (Å²) in [7, 11) is 0. The zero-order chi connectivity index (χ0) is 12.3. The molecule has 96 valence electrons. The summed E-state index contributed by atoms with van der Waals surface area (Å²) in [5.41, 5.74) is 0. The van der Waals surface area contributed by atoms with Crippen molar-refractivity contribution in [3.8, 4) is 0 Å². The normalized spacial score (nSPS) is 24.7. The van der Waals surface area contributed by atoms with Crippen molar-refractivity contribution in [2.75, 3.05) is 19.8 Å². The van der Waals surface area contributed by atoms with Crippen LogP contribution in [-0.2, 0) is 14.3 Å². The van der Waals surface area contributed by atoms with Crippen LogP contribution in [-0.4, -0.2) is 47.7 Å². The number of ether oxygens (including phenoxy) is 1. The lowest BCUT2D eigenvalue weighted by molar-refractivity contribution is -0.154. The van der Waals surface area contributed by atoms with Crippen molar-refractivity contribution in [1.82, 2.24) is 4.90 Å². The Labute approximate surface area is 101 Å². The van der Waals surface area contributed by atoms with E-state index in [0.29, 0.717) is 25.5 Å². The second-order valence-electron chi connectivity index (χ2n) is 4.90. The predicted molar refractivity (Wildman–Crippen MR) is 60.5 cm³/mol. The van der Waals surface area contributed by atoms with Crippen molar-refractivity contribution < 1.29 is 19.4 Å². The Morgan fingerprint density at radius 1 is 1.24 bits per heavy atom. The van der Waals surface area contributed by atoms with Gasteiger partial charge in [0.2, 0.25) is 5.91 Å². The minimum absolute atomic E-state index is 0.0281. The van der Waals surface area contributed by atoms with Gasteiger partial charge in [0.1, 0.15) is 12.6 Å². The van der Waals surface area contributed by atoms with E-state index in [9.17, 15) is 9.59 Å². The van der Waals surface area contributed by atoms with Crippen LogP contribution in [0, 0.1) is 5.92 Å². The first kappa shape index (κ1) is 12.4. The number of rotatable bonds is 5. The van der Waals surface area contributed by atoms with E-state index in [1.165, 1.54) is 17.7 Å². The summed E-state index contributed by atoms with van der Waals surface area (Å²) in [6.07, 6.45) is 4.71. The highest BCUT2D eigenvalue weighted by Crippen LogP contribution is 2.28. The Morgan fingerprint density at radius 2 is 2.00 bits per heavy atom. The van der Waals surface area contributed by atoms with E-state index in [1.54, 1.807) is 0 Å². The molecule has 2 fully saturated rings. The molecule has 1 aliphatic heterocycles. The topological polar surface area (TPSA) is 66.8 Å². The lowest BCUT2D eigenvalue weighted by Crippen LogP contribution is -2.49. The molecule has 0 aromatic rings. The van der Waals surface area contributed by atoms with Crippen molar-refractivity contribution in [2.45, 2.75) is 38.1 Å². The Hall–Kier alpha value is -1.10. The number of hydrogen-bond donors (Lipinski definition) is 1. The number of carbonyl (C=O) groups is 2. The fourth-order valence-electron chi connectivity index (χ4n) is 2.17. The maximum atomic E-state index is 11.9. The third kappa shape index (κ3) is 3.43. The Balaban J connectivity index is 1.79. The lowest BCUT2D eigenvalue weighted by Gasteiger charge is -2.32. The van der Waals surface area contributed by atoms with Crippen LogP contribution in [0.1, 0.15) is 32.1 Å². The molecule has 1 aliphatic carbocycles. The van der Waals surface area contributed by atoms with Gasteiger partial charge in [0, 0.05) is 6.54 Å².